The number of fused-ring (bicyclic) bond motifs is 1. The normalized spacial score (nSPS) is 17.5. The summed E-state index contributed by atoms with van der Waals surface area (Å²) in [6.07, 6.45) is 0. The summed E-state index contributed by atoms with van der Waals surface area (Å²) in [4.78, 5) is 32.5. The van der Waals surface area contributed by atoms with Crippen LogP contribution in [0.15, 0.2) is 78.4 Å². The molecule has 6 nitrogen and oxygen atoms in total. The highest BCUT2D eigenvalue weighted by Crippen LogP contribution is 2.44. The molecule has 0 radical (unpaired) electrons. The molecule has 0 spiro atoms. The van der Waals surface area contributed by atoms with Crippen molar-refractivity contribution in [1.82, 2.24) is 4.98 Å². The second kappa shape index (κ2) is 8.93. The second-order valence-corrected chi connectivity index (χ2v) is 9.09. The molecule has 1 saturated heterocycles. The van der Waals surface area contributed by atoms with E-state index in [1.807, 2.05) is 31.2 Å². The van der Waals surface area contributed by atoms with Crippen LogP contribution in [0.1, 0.15) is 24.1 Å². The fraction of sp³-hybridized carbons (Fsp3) is 0.115. The van der Waals surface area contributed by atoms with Crippen molar-refractivity contribution in [2.24, 2.45) is 0 Å². The summed E-state index contributed by atoms with van der Waals surface area (Å²) in [5.41, 5.74) is 1.77. The summed E-state index contributed by atoms with van der Waals surface area (Å²) in [5, 5.41) is 12.1. The van der Waals surface area contributed by atoms with E-state index in [2.05, 4.69) is 4.98 Å². The number of aliphatic hydroxyl groups excluding tert-OH is 1. The lowest BCUT2D eigenvalue weighted by molar-refractivity contribution is -0.132. The lowest BCUT2D eigenvalue weighted by atomic mass is 9.95. The summed E-state index contributed by atoms with van der Waals surface area (Å²) < 4.78 is 6.43. The number of aliphatic hydroxyl groups is 1. The Balaban J connectivity index is 1.70. The van der Waals surface area contributed by atoms with Gasteiger partial charge in [-0.1, -0.05) is 47.2 Å². The van der Waals surface area contributed by atoms with Crippen LogP contribution < -0.4 is 9.64 Å². The predicted molar refractivity (Wildman–Crippen MR) is 133 cm³/mol. The van der Waals surface area contributed by atoms with Crippen molar-refractivity contribution in [1.29, 1.82) is 0 Å². The number of para-hydroxylation sites is 1. The van der Waals surface area contributed by atoms with Crippen molar-refractivity contribution in [3.8, 4) is 5.75 Å². The standard InChI is InChI=1S/C26H19ClN2O4S/c1-2-33-18-13-9-15(10-14-18)22-21(23(30)16-7-11-17(27)12-8-16)24(31)25(32)29(22)26-28-19-5-3-4-6-20(19)34-26/h3-14,22,30H,2H2,1H3/b23-21+. The number of amides is 1. The minimum atomic E-state index is -0.855. The summed E-state index contributed by atoms with van der Waals surface area (Å²) in [5.74, 6) is -1.11. The Morgan fingerprint density at radius 1 is 1.06 bits per heavy atom. The van der Waals surface area contributed by atoms with E-state index in [0.717, 1.165) is 10.2 Å². The van der Waals surface area contributed by atoms with Crippen LogP contribution in [0.2, 0.25) is 5.02 Å². The number of Topliss-reactive ketones (excluding diaryl/α,β-unsaturated/α-hetero) is 1. The molecule has 3 aromatic carbocycles. The maximum atomic E-state index is 13.3. The van der Waals surface area contributed by atoms with E-state index in [0.29, 0.717) is 33.6 Å². The van der Waals surface area contributed by atoms with Gasteiger partial charge in [0.2, 0.25) is 0 Å². The summed E-state index contributed by atoms with van der Waals surface area (Å²) in [7, 11) is 0. The number of nitrogens with zero attached hydrogens (tertiary/aromatic N) is 2. The van der Waals surface area contributed by atoms with E-state index < -0.39 is 17.7 Å². The Labute approximate surface area is 204 Å². The zero-order valence-electron chi connectivity index (χ0n) is 18.1. The highest BCUT2D eigenvalue weighted by atomic mass is 35.5. The van der Waals surface area contributed by atoms with Crippen molar-refractivity contribution in [2.75, 3.05) is 11.5 Å². The van der Waals surface area contributed by atoms with Gasteiger partial charge < -0.3 is 9.84 Å². The number of carbonyl (C=O) groups excluding carboxylic acids is 2. The van der Waals surface area contributed by atoms with Gasteiger partial charge in [0, 0.05) is 10.6 Å². The van der Waals surface area contributed by atoms with Gasteiger partial charge in [0.05, 0.1) is 28.4 Å². The molecule has 5 rings (SSSR count). The van der Waals surface area contributed by atoms with E-state index in [4.69, 9.17) is 16.3 Å². The third-order valence-electron chi connectivity index (χ3n) is 5.56. The van der Waals surface area contributed by atoms with Crippen LogP contribution in [0.3, 0.4) is 0 Å². The number of ether oxygens (including phenoxy) is 1. The third-order valence-corrected chi connectivity index (χ3v) is 6.85. The zero-order valence-corrected chi connectivity index (χ0v) is 19.6. The van der Waals surface area contributed by atoms with Gasteiger partial charge >= 0.3 is 5.91 Å². The molecule has 1 aliphatic rings. The highest BCUT2D eigenvalue weighted by molar-refractivity contribution is 7.22. The number of thiazole rings is 1. The van der Waals surface area contributed by atoms with Crippen molar-refractivity contribution in [3.63, 3.8) is 0 Å². The average molecular weight is 491 g/mol. The number of hydrogen-bond donors (Lipinski definition) is 1. The number of hydrogen-bond acceptors (Lipinski definition) is 6. The molecule has 2 heterocycles. The Morgan fingerprint density at radius 3 is 2.44 bits per heavy atom. The van der Waals surface area contributed by atoms with Crippen LogP contribution in [0.4, 0.5) is 5.13 Å². The molecule has 34 heavy (non-hydrogen) atoms. The van der Waals surface area contributed by atoms with Crippen molar-refractivity contribution in [3.05, 3.63) is 94.5 Å². The molecule has 170 valence electrons. The molecule has 0 saturated carbocycles. The summed E-state index contributed by atoms with van der Waals surface area (Å²) in [6, 6.07) is 20.2. The molecule has 1 atom stereocenters. The zero-order chi connectivity index (χ0) is 23.8. The van der Waals surface area contributed by atoms with E-state index >= 15 is 0 Å². The maximum absolute atomic E-state index is 13.3. The SMILES string of the molecule is CCOc1ccc(C2/C(=C(\O)c3ccc(Cl)cc3)C(=O)C(=O)N2c2nc3ccccc3s2)cc1. The topological polar surface area (TPSA) is 79.7 Å². The van der Waals surface area contributed by atoms with Crippen LogP contribution >= 0.6 is 22.9 Å². The minimum Gasteiger partial charge on any atom is -0.507 e. The third kappa shape index (κ3) is 3.83. The average Bonchev–Trinajstić information content (AvgIpc) is 3.38. The summed E-state index contributed by atoms with van der Waals surface area (Å²) >= 11 is 7.31. The van der Waals surface area contributed by atoms with E-state index in [1.54, 1.807) is 48.5 Å². The smallest absolute Gasteiger partial charge is 0.301 e. The summed E-state index contributed by atoms with van der Waals surface area (Å²) in [6.45, 7) is 2.40. The van der Waals surface area contributed by atoms with Gasteiger partial charge in [0.25, 0.3) is 5.78 Å². The van der Waals surface area contributed by atoms with E-state index in [1.165, 1.54) is 16.2 Å². The first-order valence-electron chi connectivity index (χ1n) is 10.6. The largest absolute Gasteiger partial charge is 0.507 e. The molecular weight excluding hydrogens is 472 g/mol. The fourth-order valence-electron chi connectivity index (χ4n) is 3.98. The molecular formula is C26H19ClN2O4S. The van der Waals surface area contributed by atoms with Crippen LogP contribution in [-0.2, 0) is 9.59 Å². The predicted octanol–water partition coefficient (Wildman–Crippen LogP) is 5.97. The lowest BCUT2D eigenvalue weighted by Gasteiger charge is -2.23. The van der Waals surface area contributed by atoms with Crippen molar-refractivity contribution < 1.29 is 19.4 Å². The number of anilines is 1. The molecule has 0 aliphatic carbocycles. The van der Waals surface area contributed by atoms with Crippen molar-refractivity contribution >= 4 is 55.7 Å². The molecule has 8 heteroatoms. The molecule has 1 aliphatic heterocycles. The van der Waals surface area contributed by atoms with E-state index in [9.17, 15) is 14.7 Å². The first kappa shape index (κ1) is 22.1. The van der Waals surface area contributed by atoms with Crippen LogP contribution in [0.5, 0.6) is 5.75 Å². The lowest BCUT2D eigenvalue weighted by Crippen LogP contribution is -2.29. The molecule has 1 unspecified atom stereocenters. The van der Waals surface area contributed by atoms with E-state index in [-0.39, 0.29) is 11.3 Å². The first-order chi connectivity index (χ1) is 16.5. The van der Waals surface area contributed by atoms with Gasteiger partial charge in [-0.2, -0.15) is 0 Å². The van der Waals surface area contributed by atoms with Gasteiger partial charge in [-0.3, -0.25) is 14.5 Å². The molecule has 1 aromatic heterocycles. The monoisotopic (exact) mass is 490 g/mol. The fourth-order valence-corrected chi connectivity index (χ4v) is 5.10. The number of ketones is 1. The Morgan fingerprint density at radius 2 is 1.76 bits per heavy atom. The van der Waals surface area contributed by atoms with Crippen LogP contribution in [0, 0.1) is 0 Å². The molecule has 1 N–H and O–H groups in total. The van der Waals surface area contributed by atoms with Gasteiger partial charge in [-0.25, -0.2) is 4.98 Å². The molecule has 1 amide bonds. The number of carbonyl (C=O) groups is 2. The van der Waals surface area contributed by atoms with Crippen molar-refractivity contribution in [2.45, 2.75) is 13.0 Å². The highest BCUT2D eigenvalue weighted by Gasteiger charge is 2.48. The molecule has 0 bridgehead atoms. The molecule has 1 fully saturated rings. The Kier molecular flexibility index (Phi) is 5.81. The van der Waals surface area contributed by atoms with Crippen LogP contribution in [0.25, 0.3) is 16.0 Å². The quantitative estimate of drug-likeness (QED) is 0.211. The second-order valence-electron chi connectivity index (χ2n) is 7.64. The number of rotatable bonds is 5. The number of halogens is 1. The van der Waals surface area contributed by atoms with Gasteiger partial charge in [0.1, 0.15) is 11.5 Å². The maximum Gasteiger partial charge on any atom is 0.301 e. The minimum absolute atomic E-state index is 0.00395. The van der Waals surface area contributed by atoms with Gasteiger partial charge in [-0.05, 0) is 61.0 Å². The number of aromatic nitrogens is 1. The number of benzene rings is 3. The Hall–Kier alpha value is -3.68. The molecule has 4 aromatic rings. The van der Waals surface area contributed by atoms with Crippen LogP contribution in [-0.4, -0.2) is 28.4 Å². The Bertz CT molecular complexity index is 1390. The van der Waals surface area contributed by atoms with Gasteiger partial charge in [-0.15, -0.1) is 0 Å². The first-order valence-corrected chi connectivity index (χ1v) is 11.8. The van der Waals surface area contributed by atoms with Gasteiger partial charge in [0.15, 0.2) is 5.13 Å².